The van der Waals surface area contributed by atoms with Gasteiger partial charge in [0.05, 0.1) is 13.3 Å². The summed E-state index contributed by atoms with van der Waals surface area (Å²) in [5, 5.41) is 5.97. The van der Waals surface area contributed by atoms with Gasteiger partial charge in [-0.05, 0) is 29.3 Å². The van der Waals surface area contributed by atoms with Gasteiger partial charge in [0, 0.05) is 14.1 Å². The SMILES string of the molecule is COc1ccc(/C=N/N(C)C)cc1OCc1ccccc1. The summed E-state index contributed by atoms with van der Waals surface area (Å²) in [6.45, 7) is 0.505. The monoisotopic (exact) mass is 284 g/mol. The molecule has 0 fully saturated rings. The van der Waals surface area contributed by atoms with Crippen LogP contribution < -0.4 is 9.47 Å². The van der Waals surface area contributed by atoms with Gasteiger partial charge in [0.15, 0.2) is 11.5 Å². The van der Waals surface area contributed by atoms with E-state index in [0.29, 0.717) is 18.1 Å². The summed E-state index contributed by atoms with van der Waals surface area (Å²) < 4.78 is 11.2. The number of hydrazone groups is 1. The van der Waals surface area contributed by atoms with E-state index in [0.717, 1.165) is 11.1 Å². The third kappa shape index (κ3) is 4.53. The highest BCUT2D eigenvalue weighted by molar-refractivity contribution is 5.80. The number of methoxy groups -OCH3 is 1. The lowest BCUT2D eigenvalue weighted by molar-refractivity contribution is 0.284. The molecule has 0 aliphatic carbocycles. The van der Waals surface area contributed by atoms with E-state index in [1.807, 2.05) is 62.6 Å². The molecule has 0 bridgehead atoms. The Hall–Kier alpha value is -2.49. The van der Waals surface area contributed by atoms with Crippen molar-refractivity contribution in [2.75, 3.05) is 21.2 Å². The van der Waals surface area contributed by atoms with E-state index in [2.05, 4.69) is 5.10 Å². The Bertz CT molecular complexity index is 595. The van der Waals surface area contributed by atoms with Crippen LogP contribution in [0, 0.1) is 0 Å². The lowest BCUT2D eigenvalue weighted by atomic mass is 10.2. The minimum atomic E-state index is 0.505. The second-order valence-corrected chi connectivity index (χ2v) is 4.78. The van der Waals surface area contributed by atoms with Crippen molar-refractivity contribution >= 4 is 6.21 Å². The molecule has 0 atom stereocenters. The van der Waals surface area contributed by atoms with Crippen molar-refractivity contribution in [3.63, 3.8) is 0 Å². The maximum absolute atomic E-state index is 5.86. The molecule has 4 heteroatoms. The molecule has 0 unspecified atom stereocenters. The van der Waals surface area contributed by atoms with Crippen LogP contribution in [0.2, 0.25) is 0 Å². The average Bonchev–Trinajstić information content (AvgIpc) is 2.52. The van der Waals surface area contributed by atoms with Gasteiger partial charge in [-0.1, -0.05) is 30.3 Å². The molecule has 110 valence electrons. The van der Waals surface area contributed by atoms with Gasteiger partial charge >= 0.3 is 0 Å². The Morgan fingerprint density at radius 1 is 1.05 bits per heavy atom. The molecule has 2 aromatic carbocycles. The molecule has 0 saturated heterocycles. The molecular formula is C17H20N2O2. The quantitative estimate of drug-likeness (QED) is 0.603. The molecule has 0 radical (unpaired) electrons. The standard InChI is InChI=1S/C17H20N2O2/c1-19(2)18-12-15-9-10-16(20-3)17(11-15)21-13-14-7-5-4-6-8-14/h4-12H,13H2,1-3H3/b18-12+. The Kier molecular flexibility index (Phi) is 5.21. The van der Waals surface area contributed by atoms with Crippen LogP contribution >= 0.6 is 0 Å². The van der Waals surface area contributed by atoms with Crippen LogP contribution in [0.25, 0.3) is 0 Å². The second-order valence-electron chi connectivity index (χ2n) is 4.78. The topological polar surface area (TPSA) is 34.1 Å². The van der Waals surface area contributed by atoms with Crippen molar-refractivity contribution in [1.29, 1.82) is 0 Å². The highest BCUT2D eigenvalue weighted by Crippen LogP contribution is 2.28. The summed E-state index contributed by atoms with van der Waals surface area (Å²) in [6.07, 6.45) is 1.79. The first-order valence-corrected chi connectivity index (χ1v) is 6.75. The summed E-state index contributed by atoms with van der Waals surface area (Å²) in [5.41, 5.74) is 2.08. The second kappa shape index (κ2) is 7.33. The van der Waals surface area contributed by atoms with Crippen LogP contribution in [0.15, 0.2) is 53.6 Å². The molecule has 2 rings (SSSR count). The van der Waals surface area contributed by atoms with E-state index in [9.17, 15) is 0 Å². The minimum absolute atomic E-state index is 0.505. The van der Waals surface area contributed by atoms with Crippen molar-refractivity contribution in [3.8, 4) is 11.5 Å². The van der Waals surface area contributed by atoms with E-state index in [-0.39, 0.29) is 0 Å². The molecule has 2 aromatic rings. The zero-order chi connectivity index (χ0) is 15.1. The number of benzene rings is 2. The molecule has 0 N–H and O–H groups in total. The molecule has 4 nitrogen and oxygen atoms in total. The molecule has 0 aliphatic rings. The van der Waals surface area contributed by atoms with E-state index in [1.165, 1.54) is 0 Å². The lowest BCUT2D eigenvalue weighted by Gasteiger charge is -2.11. The zero-order valence-corrected chi connectivity index (χ0v) is 12.6. The van der Waals surface area contributed by atoms with Crippen molar-refractivity contribution in [2.24, 2.45) is 5.10 Å². The summed E-state index contributed by atoms with van der Waals surface area (Å²) in [7, 11) is 5.40. The predicted molar refractivity (Wildman–Crippen MR) is 85.0 cm³/mol. The van der Waals surface area contributed by atoms with E-state index in [1.54, 1.807) is 18.3 Å². The van der Waals surface area contributed by atoms with E-state index >= 15 is 0 Å². The van der Waals surface area contributed by atoms with Crippen LogP contribution in [-0.4, -0.2) is 32.4 Å². The molecule has 21 heavy (non-hydrogen) atoms. The number of hydrogen-bond acceptors (Lipinski definition) is 4. The lowest BCUT2D eigenvalue weighted by Crippen LogP contribution is -2.02. The molecule has 0 spiro atoms. The maximum Gasteiger partial charge on any atom is 0.162 e. The molecule has 0 aliphatic heterocycles. The van der Waals surface area contributed by atoms with Gasteiger partial charge in [0.25, 0.3) is 0 Å². The van der Waals surface area contributed by atoms with Gasteiger partial charge in [-0.25, -0.2) is 0 Å². The third-order valence-corrected chi connectivity index (χ3v) is 2.86. The van der Waals surface area contributed by atoms with E-state index in [4.69, 9.17) is 9.47 Å². The number of hydrogen-bond donors (Lipinski definition) is 0. The van der Waals surface area contributed by atoms with Crippen molar-refractivity contribution in [1.82, 2.24) is 5.01 Å². The first-order chi connectivity index (χ1) is 10.2. The van der Waals surface area contributed by atoms with Gasteiger partial charge in [-0.2, -0.15) is 5.10 Å². The molecule has 0 aromatic heterocycles. The summed E-state index contributed by atoms with van der Waals surface area (Å²) in [4.78, 5) is 0. The largest absolute Gasteiger partial charge is 0.493 e. The van der Waals surface area contributed by atoms with Crippen LogP contribution in [0.4, 0.5) is 0 Å². The summed E-state index contributed by atoms with van der Waals surface area (Å²) >= 11 is 0. The smallest absolute Gasteiger partial charge is 0.162 e. The molecule has 0 amide bonds. The first kappa shape index (κ1) is 14.9. The fraction of sp³-hybridized carbons (Fsp3) is 0.235. The third-order valence-electron chi connectivity index (χ3n) is 2.86. The molecule has 0 saturated carbocycles. The van der Waals surface area contributed by atoms with Gasteiger partial charge in [0.1, 0.15) is 6.61 Å². The summed E-state index contributed by atoms with van der Waals surface area (Å²) in [5.74, 6) is 1.43. The van der Waals surface area contributed by atoms with Gasteiger partial charge in [-0.3, -0.25) is 0 Å². The summed E-state index contributed by atoms with van der Waals surface area (Å²) in [6, 6.07) is 15.8. The van der Waals surface area contributed by atoms with E-state index < -0.39 is 0 Å². The average molecular weight is 284 g/mol. The molecular weight excluding hydrogens is 264 g/mol. The normalized spacial score (nSPS) is 10.6. The Morgan fingerprint density at radius 2 is 1.81 bits per heavy atom. The van der Waals surface area contributed by atoms with Crippen LogP contribution in [-0.2, 0) is 6.61 Å². The van der Waals surface area contributed by atoms with Crippen molar-refractivity contribution in [2.45, 2.75) is 6.61 Å². The van der Waals surface area contributed by atoms with Crippen LogP contribution in [0.1, 0.15) is 11.1 Å². The number of rotatable bonds is 6. The highest BCUT2D eigenvalue weighted by atomic mass is 16.5. The predicted octanol–water partition coefficient (Wildman–Crippen LogP) is 3.17. The van der Waals surface area contributed by atoms with Crippen molar-refractivity contribution < 1.29 is 9.47 Å². The molecule has 0 heterocycles. The van der Waals surface area contributed by atoms with Crippen LogP contribution in [0.5, 0.6) is 11.5 Å². The highest BCUT2D eigenvalue weighted by Gasteiger charge is 2.05. The van der Waals surface area contributed by atoms with Gasteiger partial charge in [-0.15, -0.1) is 0 Å². The van der Waals surface area contributed by atoms with Crippen molar-refractivity contribution in [3.05, 3.63) is 59.7 Å². The fourth-order valence-corrected chi connectivity index (χ4v) is 1.80. The van der Waals surface area contributed by atoms with Gasteiger partial charge < -0.3 is 14.5 Å². The first-order valence-electron chi connectivity index (χ1n) is 6.75. The fourth-order valence-electron chi connectivity index (χ4n) is 1.80. The number of nitrogens with zero attached hydrogens (tertiary/aromatic N) is 2. The zero-order valence-electron chi connectivity index (χ0n) is 12.6. The van der Waals surface area contributed by atoms with Gasteiger partial charge in [0.2, 0.25) is 0 Å². The Morgan fingerprint density at radius 3 is 2.48 bits per heavy atom. The maximum atomic E-state index is 5.86. The minimum Gasteiger partial charge on any atom is -0.493 e. The number of ether oxygens (including phenoxy) is 2. The Labute approximate surface area is 125 Å². The van der Waals surface area contributed by atoms with Crippen LogP contribution in [0.3, 0.4) is 0 Å². The Balaban J connectivity index is 2.14.